The molecule has 3 atom stereocenters. The molecule has 5 heteroatoms. The van der Waals surface area contributed by atoms with Crippen LogP contribution >= 0.6 is 0 Å². The largest absolute Gasteiger partial charge is 0.468 e. The normalized spacial score (nSPS) is 19.0. The Morgan fingerprint density at radius 1 is 1.07 bits per heavy atom. The number of carbonyl (C=O) groups excluding carboxylic acids is 2. The van der Waals surface area contributed by atoms with Crippen molar-refractivity contribution < 1.29 is 19.1 Å². The zero-order valence-corrected chi connectivity index (χ0v) is 16.6. The van der Waals surface area contributed by atoms with Crippen LogP contribution in [0, 0.1) is 5.92 Å². The van der Waals surface area contributed by atoms with Crippen molar-refractivity contribution in [3.05, 3.63) is 83.9 Å². The van der Waals surface area contributed by atoms with Crippen LogP contribution in [0.5, 0.6) is 0 Å². The van der Waals surface area contributed by atoms with E-state index in [1.807, 2.05) is 54.6 Å². The summed E-state index contributed by atoms with van der Waals surface area (Å²) in [5.74, 6) is -2.31. The average molecular weight is 393 g/mol. The Labute approximate surface area is 171 Å². The van der Waals surface area contributed by atoms with Crippen LogP contribution in [0.4, 0.5) is 0 Å². The van der Waals surface area contributed by atoms with Crippen molar-refractivity contribution in [2.45, 2.75) is 37.3 Å². The molecule has 0 saturated heterocycles. The second-order valence-corrected chi connectivity index (χ2v) is 7.34. The van der Waals surface area contributed by atoms with E-state index in [0.29, 0.717) is 18.4 Å². The Bertz CT molecular complexity index is 850. The minimum atomic E-state index is -1.52. The number of allylic oxidation sites excluding steroid dienone is 2. The van der Waals surface area contributed by atoms with E-state index in [4.69, 9.17) is 15.2 Å². The van der Waals surface area contributed by atoms with Gasteiger partial charge in [0.25, 0.3) is 0 Å². The maximum absolute atomic E-state index is 13.3. The number of esters is 2. The second-order valence-electron chi connectivity index (χ2n) is 7.34. The molecular formula is C24H27NO4. The summed E-state index contributed by atoms with van der Waals surface area (Å²) in [5.41, 5.74) is 6.76. The number of benzene rings is 2. The summed E-state index contributed by atoms with van der Waals surface area (Å²) in [5, 5.41) is 0. The molecule has 1 aliphatic rings. The molecule has 1 aliphatic carbocycles. The molecule has 3 rings (SSSR count). The number of hydrogen-bond acceptors (Lipinski definition) is 5. The summed E-state index contributed by atoms with van der Waals surface area (Å²) in [4.78, 5) is 26.2. The van der Waals surface area contributed by atoms with E-state index < -0.39 is 23.4 Å². The number of ether oxygens (including phenoxy) is 2. The highest BCUT2D eigenvalue weighted by Gasteiger charge is 2.53. The molecule has 0 fully saturated rings. The first-order chi connectivity index (χ1) is 14.1. The van der Waals surface area contributed by atoms with Gasteiger partial charge in [-0.1, -0.05) is 72.8 Å². The fraction of sp³-hybridized carbons (Fsp3) is 0.333. The summed E-state index contributed by atoms with van der Waals surface area (Å²) in [7, 11) is 1.31. The van der Waals surface area contributed by atoms with E-state index in [0.717, 1.165) is 12.0 Å². The van der Waals surface area contributed by atoms with Gasteiger partial charge in [-0.05, 0) is 36.3 Å². The van der Waals surface area contributed by atoms with Gasteiger partial charge in [-0.15, -0.1) is 0 Å². The molecule has 5 nitrogen and oxygen atoms in total. The van der Waals surface area contributed by atoms with Crippen molar-refractivity contribution in [2.75, 3.05) is 7.11 Å². The highest BCUT2D eigenvalue weighted by Crippen LogP contribution is 2.40. The standard InChI is InChI=1S/C24H27NO4/c1-28-23(27)24(25,20-15-9-4-10-16-20)21(19-13-7-3-8-14-19)22(26)29-17-18-11-5-2-6-12-18/h2-9,11-14,20-21H,10,15-17,25H2,1H3. The topological polar surface area (TPSA) is 78.6 Å². The third-order valence-corrected chi connectivity index (χ3v) is 5.55. The van der Waals surface area contributed by atoms with Crippen LogP contribution in [-0.2, 0) is 25.7 Å². The zero-order chi connectivity index (χ0) is 20.7. The lowest BCUT2D eigenvalue weighted by atomic mass is 9.67. The van der Waals surface area contributed by atoms with Crippen molar-refractivity contribution >= 4 is 11.9 Å². The van der Waals surface area contributed by atoms with Crippen molar-refractivity contribution in [2.24, 2.45) is 11.7 Å². The van der Waals surface area contributed by atoms with Crippen molar-refractivity contribution in [3.8, 4) is 0 Å². The summed E-state index contributed by atoms with van der Waals surface area (Å²) in [6.07, 6.45) is 6.20. The fourth-order valence-corrected chi connectivity index (χ4v) is 3.99. The average Bonchev–Trinajstić information content (AvgIpc) is 2.79. The summed E-state index contributed by atoms with van der Waals surface area (Å²) in [6.45, 7) is 0.116. The zero-order valence-electron chi connectivity index (χ0n) is 16.6. The molecule has 29 heavy (non-hydrogen) atoms. The maximum atomic E-state index is 13.3. The third kappa shape index (κ3) is 4.57. The summed E-state index contributed by atoms with van der Waals surface area (Å²) in [6, 6.07) is 18.5. The van der Waals surface area contributed by atoms with Gasteiger partial charge in [0, 0.05) is 0 Å². The van der Waals surface area contributed by atoms with Gasteiger partial charge in [0.1, 0.15) is 18.1 Å². The quantitative estimate of drug-likeness (QED) is 0.573. The highest BCUT2D eigenvalue weighted by atomic mass is 16.5. The Kier molecular flexibility index (Phi) is 6.83. The molecule has 2 aromatic carbocycles. The lowest BCUT2D eigenvalue weighted by Gasteiger charge is -2.40. The third-order valence-electron chi connectivity index (χ3n) is 5.55. The van der Waals surface area contributed by atoms with E-state index in [9.17, 15) is 9.59 Å². The molecule has 0 bridgehead atoms. The lowest BCUT2D eigenvalue weighted by molar-refractivity contribution is -0.160. The number of methoxy groups -OCH3 is 1. The number of rotatable bonds is 7. The van der Waals surface area contributed by atoms with Crippen molar-refractivity contribution in [1.29, 1.82) is 0 Å². The predicted octanol–water partition coefficient (Wildman–Crippen LogP) is 3.74. The van der Waals surface area contributed by atoms with Gasteiger partial charge in [-0.25, -0.2) is 0 Å². The highest BCUT2D eigenvalue weighted by molar-refractivity contribution is 5.92. The van der Waals surface area contributed by atoms with Crippen LogP contribution < -0.4 is 5.73 Å². The molecule has 0 spiro atoms. The minimum Gasteiger partial charge on any atom is -0.468 e. The van der Waals surface area contributed by atoms with E-state index in [1.165, 1.54) is 7.11 Å². The Morgan fingerprint density at radius 3 is 2.31 bits per heavy atom. The fourth-order valence-electron chi connectivity index (χ4n) is 3.99. The van der Waals surface area contributed by atoms with Crippen LogP contribution in [0.3, 0.4) is 0 Å². The molecule has 0 radical (unpaired) electrons. The van der Waals surface area contributed by atoms with Crippen LogP contribution in [0.25, 0.3) is 0 Å². The summed E-state index contributed by atoms with van der Waals surface area (Å²) >= 11 is 0. The first kappa shape index (κ1) is 20.8. The number of carbonyl (C=O) groups is 2. The van der Waals surface area contributed by atoms with Gasteiger partial charge >= 0.3 is 11.9 Å². The van der Waals surface area contributed by atoms with Crippen LogP contribution in [-0.4, -0.2) is 24.6 Å². The Morgan fingerprint density at radius 2 is 1.72 bits per heavy atom. The smallest absolute Gasteiger partial charge is 0.327 e. The van der Waals surface area contributed by atoms with Crippen molar-refractivity contribution in [1.82, 2.24) is 0 Å². The Hall–Kier alpha value is -2.92. The van der Waals surface area contributed by atoms with E-state index in [1.54, 1.807) is 12.1 Å². The second kappa shape index (κ2) is 9.52. The first-order valence-corrected chi connectivity index (χ1v) is 9.85. The van der Waals surface area contributed by atoms with Crippen molar-refractivity contribution in [3.63, 3.8) is 0 Å². The molecule has 3 unspecified atom stereocenters. The molecule has 0 heterocycles. The minimum absolute atomic E-state index is 0.116. The predicted molar refractivity (Wildman–Crippen MR) is 111 cm³/mol. The van der Waals surface area contributed by atoms with Crippen LogP contribution in [0.15, 0.2) is 72.8 Å². The maximum Gasteiger partial charge on any atom is 0.327 e. The Balaban J connectivity index is 1.97. The van der Waals surface area contributed by atoms with Gasteiger partial charge in [-0.3, -0.25) is 9.59 Å². The molecule has 0 aliphatic heterocycles. The molecule has 0 saturated carbocycles. The van der Waals surface area contributed by atoms with E-state index >= 15 is 0 Å². The van der Waals surface area contributed by atoms with Gasteiger partial charge in [-0.2, -0.15) is 0 Å². The van der Waals surface area contributed by atoms with Gasteiger partial charge in [0.2, 0.25) is 0 Å². The van der Waals surface area contributed by atoms with Gasteiger partial charge in [0.15, 0.2) is 0 Å². The molecule has 2 N–H and O–H groups in total. The molecular weight excluding hydrogens is 366 g/mol. The monoisotopic (exact) mass is 393 g/mol. The molecule has 0 aromatic heterocycles. The van der Waals surface area contributed by atoms with Crippen LogP contribution in [0.2, 0.25) is 0 Å². The lowest BCUT2D eigenvalue weighted by Crippen LogP contribution is -2.61. The number of nitrogens with two attached hydrogens (primary N) is 1. The SMILES string of the molecule is COC(=O)C(N)(C1CC=CCC1)C(C(=O)OCc1ccccc1)c1ccccc1. The van der Waals surface area contributed by atoms with E-state index in [2.05, 4.69) is 6.08 Å². The summed E-state index contributed by atoms with van der Waals surface area (Å²) < 4.78 is 10.7. The molecule has 152 valence electrons. The van der Waals surface area contributed by atoms with Crippen LogP contribution in [0.1, 0.15) is 36.3 Å². The molecule has 2 aromatic rings. The first-order valence-electron chi connectivity index (χ1n) is 9.85. The van der Waals surface area contributed by atoms with E-state index in [-0.39, 0.29) is 12.5 Å². The van der Waals surface area contributed by atoms with Gasteiger partial charge in [0.05, 0.1) is 7.11 Å². The van der Waals surface area contributed by atoms with Gasteiger partial charge < -0.3 is 15.2 Å². The molecule has 0 amide bonds. The number of hydrogen-bond donors (Lipinski definition) is 1.